The number of anilines is 1. The molecule has 0 saturated carbocycles. The van der Waals surface area contributed by atoms with Crippen LogP contribution in [0.5, 0.6) is 0 Å². The van der Waals surface area contributed by atoms with Crippen LogP contribution in [0.25, 0.3) is 11.3 Å². The van der Waals surface area contributed by atoms with Gasteiger partial charge in [0, 0.05) is 24.0 Å². The molecule has 2 heterocycles. The number of carbonyl (C=O) groups excluding carboxylic acids is 1. The van der Waals surface area contributed by atoms with E-state index in [2.05, 4.69) is 20.5 Å². The second-order valence-corrected chi connectivity index (χ2v) is 3.25. The van der Waals surface area contributed by atoms with Gasteiger partial charge in [0.05, 0.1) is 12.3 Å². The van der Waals surface area contributed by atoms with Gasteiger partial charge >= 0.3 is 6.09 Å². The van der Waals surface area contributed by atoms with Crippen molar-refractivity contribution in [3.8, 4) is 11.3 Å². The molecule has 0 spiro atoms. The van der Waals surface area contributed by atoms with Gasteiger partial charge in [-0.15, -0.1) is 0 Å². The van der Waals surface area contributed by atoms with Crippen molar-refractivity contribution in [2.45, 2.75) is 6.92 Å². The standard InChI is InChI=1S/C11H12N4O2/c1-2-17-11(16)13-10-7-9(14-15-10)8-3-5-12-6-4-8/h3-7H,2H2,1H3,(H2,13,14,15,16). The first kappa shape index (κ1) is 11.1. The first-order valence-corrected chi connectivity index (χ1v) is 5.19. The fourth-order valence-corrected chi connectivity index (χ4v) is 1.34. The molecule has 88 valence electrons. The molecule has 17 heavy (non-hydrogen) atoms. The summed E-state index contributed by atoms with van der Waals surface area (Å²) in [6.07, 6.45) is 2.86. The second kappa shape index (κ2) is 5.11. The van der Waals surface area contributed by atoms with Crippen LogP contribution >= 0.6 is 0 Å². The Balaban J connectivity index is 2.09. The summed E-state index contributed by atoms with van der Waals surface area (Å²) in [7, 11) is 0. The van der Waals surface area contributed by atoms with Crippen LogP contribution in [0, 0.1) is 0 Å². The second-order valence-electron chi connectivity index (χ2n) is 3.25. The number of ether oxygens (including phenoxy) is 1. The lowest BCUT2D eigenvalue weighted by atomic mass is 10.2. The number of H-pyrrole nitrogens is 1. The van der Waals surface area contributed by atoms with Gasteiger partial charge in [-0.25, -0.2) is 4.79 Å². The summed E-state index contributed by atoms with van der Waals surface area (Å²) >= 11 is 0. The molecule has 0 aliphatic carbocycles. The minimum absolute atomic E-state index is 0.327. The fourth-order valence-electron chi connectivity index (χ4n) is 1.34. The lowest BCUT2D eigenvalue weighted by Gasteiger charge is -2.00. The van der Waals surface area contributed by atoms with Crippen molar-refractivity contribution in [3.63, 3.8) is 0 Å². The molecule has 0 saturated heterocycles. The monoisotopic (exact) mass is 232 g/mol. The SMILES string of the molecule is CCOC(=O)Nc1cc(-c2ccncc2)[nH]n1. The molecule has 6 heteroatoms. The number of hydrogen-bond donors (Lipinski definition) is 2. The highest BCUT2D eigenvalue weighted by molar-refractivity contribution is 5.84. The number of nitrogens with zero attached hydrogens (tertiary/aromatic N) is 2. The Bertz CT molecular complexity index is 495. The highest BCUT2D eigenvalue weighted by Gasteiger charge is 2.06. The van der Waals surface area contributed by atoms with Gasteiger partial charge < -0.3 is 4.74 Å². The zero-order chi connectivity index (χ0) is 12.1. The Hall–Kier alpha value is -2.37. The van der Waals surface area contributed by atoms with Crippen molar-refractivity contribution in [2.75, 3.05) is 11.9 Å². The van der Waals surface area contributed by atoms with Crippen molar-refractivity contribution in [2.24, 2.45) is 0 Å². The number of nitrogens with one attached hydrogen (secondary N) is 2. The van der Waals surface area contributed by atoms with Gasteiger partial charge in [0.2, 0.25) is 0 Å². The van der Waals surface area contributed by atoms with Crippen molar-refractivity contribution in [1.29, 1.82) is 0 Å². The predicted octanol–water partition coefficient (Wildman–Crippen LogP) is 2.04. The van der Waals surface area contributed by atoms with Crippen molar-refractivity contribution < 1.29 is 9.53 Å². The largest absolute Gasteiger partial charge is 0.450 e. The zero-order valence-corrected chi connectivity index (χ0v) is 9.30. The average Bonchev–Trinajstić information content (AvgIpc) is 2.79. The summed E-state index contributed by atoms with van der Waals surface area (Å²) in [4.78, 5) is 15.1. The lowest BCUT2D eigenvalue weighted by molar-refractivity contribution is 0.168. The first-order chi connectivity index (χ1) is 8.29. The number of amides is 1. The molecule has 6 nitrogen and oxygen atoms in total. The van der Waals surface area contributed by atoms with Crippen LogP contribution in [0.15, 0.2) is 30.6 Å². The molecule has 0 aromatic carbocycles. The van der Waals surface area contributed by atoms with Gasteiger partial charge in [-0.1, -0.05) is 0 Å². The number of rotatable bonds is 3. The molecule has 0 aliphatic heterocycles. The molecule has 2 rings (SSSR count). The van der Waals surface area contributed by atoms with E-state index in [1.807, 2.05) is 12.1 Å². The van der Waals surface area contributed by atoms with E-state index in [9.17, 15) is 4.79 Å². The van der Waals surface area contributed by atoms with E-state index in [1.165, 1.54) is 0 Å². The van der Waals surface area contributed by atoms with Crippen molar-refractivity contribution >= 4 is 11.9 Å². The molecule has 0 fully saturated rings. The number of carbonyl (C=O) groups is 1. The highest BCUT2D eigenvalue weighted by atomic mass is 16.5. The molecule has 0 radical (unpaired) electrons. The van der Waals surface area contributed by atoms with E-state index >= 15 is 0 Å². The highest BCUT2D eigenvalue weighted by Crippen LogP contribution is 2.18. The summed E-state index contributed by atoms with van der Waals surface area (Å²) in [5.74, 6) is 0.426. The molecular formula is C11H12N4O2. The maximum Gasteiger partial charge on any atom is 0.412 e. The van der Waals surface area contributed by atoms with Gasteiger partial charge in [0.15, 0.2) is 5.82 Å². The van der Waals surface area contributed by atoms with E-state index in [-0.39, 0.29) is 0 Å². The summed E-state index contributed by atoms with van der Waals surface area (Å²) in [6, 6.07) is 5.43. The average molecular weight is 232 g/mol. The molecular weight excluding hydrogens is 220 g/mol. The van der Waals surface area contributed by atoms with Crippen LogP contribution < -0.4 is 5.32 Å². The minimum atomic E-state index is -0.514. The molecule has 2 aromatic heterocycles. The molecule has 0 atom stereocenters. The van der Waals surface area contributed by atoms with Gasteiger partial charge in [-0.3, -0.25) is 15.4 Å². The lowest BCUT2D eigenvalue weighted by Crippen LogP contribution is -2.13. The van der Waals surface area contributed by atoms with E-state index in [0.717, 1.165) is 11.3 Å². The number of aromatic nitrogens is 3. The third kappa shape index (κ3) is 2.81. The smallest absolute Gasteiger partial charge is 0.412 e. The quantitative estimate of drug-likeness (QED) is 0.848. The minimum Gasteiger partial charge on any atom is -0.450 e. The van der Waals surface area contributed by atoms with Crippen LogP contribution in [0.1, 0.15) is 6.92 Å². The third-order valence-electron chi connectivity index (χ3n) is 2.07. The van der Waals surface area contributed by atoms with E-state index < -0.39 is 6.09 Å². The Morgan fingerprint density at radius 3 is 2.94 bits per heavy atom. The molecule has 0 bridgehead atoms. The Morgan fingerprint density at radius 2 is 2.24 bits per heavy atom. The molecule has 2 aromatic rings. The maximum atomic E-state index is 11.2. The number of pyridine rings is 1. The van der Waals surface area contributed by atoms with Gasteiger partial charge in [-0.2, -0.15) is 5.10 Å². The fraction of sp³-hybridized carbons (Fsp3) is 0.182. The van der Waals surface area contributed by atoms with Crippen molar-refractivity contribution in [1.82, 2.24) is 15.2 Å². The third-order valence-corrected chi connectivity index (χ3v) is 2.07. The summed E-state index contributed by atoms with van der Waals surface area (Å²) in [6.45, 7) is 2.07. The summed E-state index contributed by atoms with van der Waals surface area (Å²) in [5.41, 5.74) is 1.75. The maximum absolute atomic E-state index is 11.2. The molecule has 2 N–H and O–H groups in total. The van der Waals surface area contributed by atoms with E-state index in [0.29, 0.717) is 12.4 Å². The van der Waals surface area contributed by atoms with Crippen LogP contribution in [-0.2, 0) is 4.74 Å². The Kier molecular flexibility index (Phi) is 3.34. The molecule has 0 aliphatic rings. The Morgan fingerprint density at radius 1 is 1.47 bits per heavy atom. The van der Waals surface area contributed by atoms with Crippen LogP contribution in [-0.4, -0.2) is 27.9 Å². The normalized spacial score (nSPS) is 9.94. The Labute approximate surface area is 98.0 Å². The number of hydrogen-bond acceptors (Lipinski definition) is 4. The zero-order valence-electron chi connectivity index (χ0n) is 9.30. The summed E-state index contributed by atoms with van der Waals surface area (Å²) in [5, 5.41) is 9.29. The number of aromatic amines is 1. The molecule has 1 amide bonds. The van der Waals surface area contributed by atoms with Crippen LogP contribution in [0.4, 0.5) is 10.6 Å². The van der Waals surface area contributed by atoms with Gasteiger partial charge in [0.25, 0.3) is 0 Å². The van der Waals surface area contributed by atoms with Crippen LogP contribution in [0.2, 0.25) is 0 Å². The van der Waals surface area contributed by atoms with Crippen molar-refractivity contribution in [3.05, 3.63) is 30.6 Å². The van der Waals surface area contributed by atoms with Crippen LogP contribution in [0.3, 0.4) is 0 Å². The van der Waals surface area contributed by atoms with Gasteiger partial charge in [0.1, 0.15) is 0 Å². The first-order valence-electron chi connectivity index (χ1n) is 5.19. The van der Waals surface area contributed by atoms with E-state index in [4.69, 9.17) is 4.74 Å². The predicted molar refractivity (Wildman–Crippen MR) is 62.5 cm³/mol. The molecule has 0 unspecified atom stereocenters. The topological polar surface area (TPSA) is 79.9 Å². The summed E-state index contributed by atoms with van der Waals surface area (Å²) < 4.78 is 4.75. The van der Waals surface area contributed by atoms with E-state index in [1.54, 1.807) is 25.4 Å². The van der Waals surface area contributed by atoms with Gasteiger partial charge in [-0.05, 0) is 19.1 Å².